The SMILES string of the molecule is COc1ccc(CSC2=NC(c3cccc(Cl)c3Cl)C(C(=O)O)=C(C)N2)cc1. The van der Waals surface area contributed by atoms with E-state index in [1.807, 2.05) is 24.3 Å². The summed E-state index contributed by atoms with van der Waals surface area (Å²) in [7, 11) is 1.63. The number of nitrogens with zero attached hydrogens (tertiary/aromatic N) is 1. The van der Waals surface area contributed by atoms with E-state index in [-0.39, 0.29) is 5.57 Å². The number of methoxy groups -OCH3 is 1. The van der Waals surface area contributed by atoms with E-state index in [1.54, 1.807) is 32.2 Å². The normalized spacial score (nSPS) is 16.4. The van der Waals surface area contributed by atoms with Crippen LogP contribution < -0.4 is 10.1 Å². The number of hydrogen-bond acceptors (Lipinski definition) is 5. The van der Waals surface area contributed by atoms with E-state index in [1.165, 1.54) is 11.8 Å². The molecule has 0 saturated heterocycles. The monoisotopic (exact) mass is 436 g/mol. The standard InChI is InChI=1S/C20H18Cl2N2O3S/c1-11-16(19(25)26)18(14-4-3-5-15(21)17(14)22)24-20(23-11)28-10-12-6-8-13(27-2)9-7-12/h3-9,18H,10H2,1-2H3,(H,23,24)(H,25,26). The van der Waals surface area contributed by atoms with E-state index in [2.05, 4.69) is 10.3 Å². The minimum atomic E-state index is -1.05. The maximum absolute atomic E-state index is 11.8. The summed E-state index contributed by atoms with van der Waals surface area (Å²) in [4.78, 5) is 16.4. The Morgan fingerprint density at radius 3 is 2.61 bits per heavy atom. The topological polar surface area (TPSA) is 70.9 Å². The highest BCUT2D eigenvalue weighted by Gasteiger charge is 2.31. The Morgan fingerprint density at radius 1 is 1.25 bits per heavy atom. The van der Waals surface area contributed by atoms with Crippen molar-refractivity contribution in [1.82, 2.24) is 5.32 Å². The van der Waals surface area contributed by atoms with Crippen molar-refractivity contribution < 1.29 is 14.6 Å². The maximum Gasteiger partial charge on any atom is 0.335 e. The average Bonchev–Trinajstić information content (AvgIpc) is 2.68. The number of ether oxygens (including phenoxy) is 1. The van der Waals surface area contributed by atoms with Gasteiger partial charge in [-0.15, -0.1) is 0 Å². The summed E-state index contributed by atoms with van der Waals surface area (Å²) in [6.07, 6.45) is 0. The number of amidine groups is 1. The smallest absolute Gasteiger partial charge is 0.335 e. The van der Waals surface area contributed by atoms with Crippen molar-refractivity contribution in [1.29, 1.82) is 0 Å². The third kappa shape index (κ3) is 4.46. The Morgan fingerprint density at radius 2 is 1.96 bits per heavy atom. The molecule has 0 fully saturated rings. The number of hydrogen-bond donors (Lipinski definition) is 2. The van der Waals surface area contributed by atoms with Gasteiger partial charge in [-0.3, -0.25) is 0 Å². The summed E-state index contributed by atoms with van der Waals surface area (Å²) < 4.78 is 5.17. The quantitative estimate of drug-likeness (QED) is 0.665. The van der Waals surface area contributed by atoms with Gasteiger partial charge in [-0.1, -0.05) is 59.2 Å². The Labute approximate surface area is 177 Å². The molecule has 1 atom stereocenters. The molecular weight excluding hydrogens is 419 g/mol. The van der Waals surface area contributed by atoms with Crippen molar-refractivity contribution in [3.8, 4) is 5.75 Å². The Balaban J connectivity index is 1.88. The van der Waals surface area contributed by atoms with Gasteiger partial charge in [0.1, 0.15) is 11.8 Å². The molecule has 0 aliphatic carbocycles. The average molecular weight is 437 g/mol. The fourth-order valence-electron chi connectivity index (χ4n) is 2.83. The van der Waals surface area contributed by atoms with E-state index < -0.39 is 12.0 Å². The summed E-state index contributed by atoms with van der Waals surface area (Å²) in [5, 5.41) is 14.1. The van der Waals surface area contributed by atoms with Crippen LogP contribution >= 0.6 is 35.0 Å². The number of carbonyl (C=O) groups is 1. The van der Waals surface area contributed by atoms with Crippen LogP contribution in [0, 0.1) is 0 Å². The number of rotatable bonds is 5. The maximum atomic E-state index is 11.8. The second kappa shape index (κ2) is 8.90. The second-order valence-corrected chi connectivity index (χ2v) is 7.83. The summed E-state index contributed by atoms with van der Waals surface area (Å²) in [5.74, 6) is 0.415. The first-order valence-electron chi connectivity index (χ1n) is 8.39. The van der Waals surface area contributed by atoms with Crippen LogP contribution in [-0.4, -0.2) is 23.4 Å². The molecule has 1 aliphatic heterocycles. The molecule has 1 heterocycles. The fraction of sp³-hybridized carbons (Fsp3) is 0.200. The lowest BCUT2D eigenvalue weighted by Gasteiger charge is -2.25. The van der Waals surface area contributed by atoms with Crippen molar-refractivity contribution in [2.45, 2.75) is 18.7 Å². The van der Waals surface area contributed by atoms with Gasteiger partial charge in [0.15, 0.2) is 5.17 Å². The first-order chi connectivity index (χ1) is 13.4. The summed E-state index contributed by atoms with van der Waals surface area (Å²) in [5.41, 5.74) is 2.34. The molecule has 146 valence electrons. The van der Waals surface area contributed by atoms with Crippen LogP contribution in [0.4, 0.5) is 0 Å². The minimum absolute atomic E-state index is 0.151. The number of allylic oxidation sites excluding steroid dienone is 1. The lowest BCUT2D eigenvalue weighted by Crippen LogP contribution is -2.29. The summed E-state index contributed by atoms with van der Waals surface area (Å²) in [6.45, 7) is 1.72. The van der Waals surface area contributed by atoms with Crippen molar-refractivity contribution in [3.05, 3.63) is 74.9 Å². The number of aliphatic imine (C=N–C) groups is 1. The van der Waals surface area contributed by atoms with Gasteiger partial charge in [0, 0.05) is 17.0 Å². The van der Waals surface area contributed by atoms with Crippen LogP contribution in [-0.2, 0) is 10.5 Å². The van der Waals surface area contributed by atoms with Crippen molar-refractivity contribution in [3.63, 3.8) is 0 Å². The zero-order valence-corrected chi connectivity index (χ0v) is 17.5. The zero-order valence-electron chi connectivity index (χ0n) is 15.2. The molecule has 1 aliphatic rings. The Hall–Kier alpha value is -2.15. The van der Waals surface area contributed by atoms with Crippen molar-refractivity contribution >= 4 is 46.1 Å². The van der Waals surface area contributed by atoms with Gasteiger partial charge in [-0.05, 0) is 30.7 Å². The third-order valence-electron chi connectivity index (χ3n) is 4.26. The number of aliphatic carboxylic acids is 1. The molecule has 2 N–H and O–H groups in total. The first kappa shape index (κ1) is 20.6. The first-order valence-corrected chi connectivity index (χ1v) is 10.1. The van der Waals surface area contributed by atoms with Crippen molar-refractivity contribution in [2.24, 2.45) is 4.99 Å². The fourth-order valence-corrected chi connectivity index (χ4v) is 4.14. The van der Waals surface area contributed by atoms with Crippen LogP contribution in [0.15, 0.2) is 58.7 Å². The molecule has 2 aromatic carbocycles. The molecule has 0 spiro atoms. The summed E-state index contributed by atoms with van der Waals surface area (Å²) >= 11 is 13.9. The van der Waals surface area contributed by atoms with Gasteiger partial charge in [-0.2, -0.15) is 0 Å². The van der Waals surface area contributed by atoms with E-state index in [0.717, 1.165) is 11.3 Å². The molecule has 0 amide bonds. The second-order valence-electron chi connectivity index (χ2n) is 6.09. The van der Waals surface area contributed by atoms with Crippen LogP contribution in [0.5, 0.6) is 5.75 Å². The van der Waals surface area contributed by atoms with Gasteiger partial charge in [0.05, 0.1) is 22.7 Å². The molecule has 28 heavy (non-hydrogen) atoms. The predicted molar refractivity (Wildman–Crippen MR) is 114 cm³/mol. The number of halogens is 2. The van der Waals surface area contributed by atoms with E-state index in [4.69, 9.17) is 27.9 Å². The molecule has 0 radical (unpaired) electrons. The van der Waals surface area contributed by atoms with E-state index in [0.29, 0.717) is 32.2 Å². The largest absolute Gasteiger partial charge is 0.497 e. The number of carboxylic acid groups (broad SMARTS) is 1. The highest BCUT2D eigenvalue weighted by atomic mass is 35.5. The molecule has 0 saturated carbocycles. The Bertz CT molecular complexity index is 958. The van der Waals surface area contributed by atoms with E-state index in [9.17, 15) is 9.90 Å². The van der Waals surface area contributed by atoms with Crippen LogP contribution in [0.2, 0.25) is 10.0 Å². The van der Waals surface area contributed by atoms with Gasteiger partial charge in [0.2, 0.25) is 0 Å². The third-order valence-corrected chi connectivity index (χ3v) is 6.05. The summed E-state index contributed by atoms with van der Waals surface area (Å²) in [6, 6.07) is 12.2. The van der Waals surface area contributed by atoms with Gasteiger partial charge < -0.3 is 15.2 Å². The number of carboxylic acids is 1. The lowest BCUT2D eigenvalue weighted by atomic mass is 9.96. The van der Waals surface area contributed by atoms with Crippen LogP contribution in [0.3, 0.4) is 0 Å². The number of benzene rings is 2. The van der Waals surface area contributed by atoms with Crippen LogP contribution in [0.1, 0.15) is 24.1 Å². The van der Waals surface area contributed by atoms with Crippen LogP contribution in [0.25, 0.3) is 0 Å². The highest BCUT2D eigenvalue weighted by molar-refractivity contribution is 8.13. The van der Waals surface area contributed by atoms with Gasteiger partial charge in [0.25, 0.3) is 0 Å². The molecule has 5 nitrogen and oxygen atoms in total. The van der Waals surface area contributed by atoms with Gasteiger partial charge >= 0.3 is 5.97 Å². The highest BCUT2D eigenvalue weighted by Crippen LogP contribution is 2.38. The minimum Gasteiger partial charge on any atom is -0.497 e. The molecular formula is C20H18Cl2N2O3S. The Kier molecular flexibility index (Phi) is 6.54. The van der Waals surface area contributed by atoms with Crippen molar-refractivity contribution in [2.75, 3.05) is 7.11 Å². The lowest BCUT2D eigenvalue weighted by molar-refractivity contribution is -0.133. The number of nitrogens with one attached hydrogen (secondary N) is 1. The molecule has 0 bridgehead atoms. The molecule has 1 unspecified atom stereocenters. The van der Waals surface area contributed by atoms with E-state index >= 15 is 0 Å². The molecule has 3 rings (SSSR count). The molecule has 2 aromatic rings. The van der Waals surface area contributed by atoms with Gasteiger partial charge in [-0.25, -0.2) is 9.79 Å². The molecule has 0 aromatic heterocycles. The zero-order chi connectivity index (χ0) is 20.3. The number of thioether (sulfide) groups is 1. The predicted octanol–water partition coefficient (Wildman–Crippen LogP) is 5.29. The molecule has 8 heteroatoms.